The molecule has 116 valence electrons. The van der Waals surface area contributed by atoms with Gasteiger partial charge in [0.2, 0.25) is 5.95 Å². The lowest BCUT2D eigenvalue weighted by molar-refractivity contribution is 0.433. The Hall–Kier alpha value is -1.59. The number of nitrogens with zero attached hydrogens (tertiary/aromatic N) is 4. The van der Waals surface area contributed by atoms with E-state index in [2.05, 4.69) is 32.3 Å². The summed E-state index contributed by atoms with van der Waals surface area (Å²) in [5, 5.41) is 12.4. The van der Waals surface area contributed by atoms with E-state index in [0.29, 0.717) is 27.5 Å². The van der Waals surface area contributed by atoms with E-state index < -0.39 is 0 Å². The average molecular weight is 338 g/mol. The molecule has 0 atom stereocenters. The Morgan fingerprint density at radius 3 is 2.55 bits per heavy atom. The Kier molecular flexibility index (Phi) is 4.64. The van der Waals surface area contributed by atoms with Gasteiger partial charge in [-0.05, 0) is 30.9 Å². The van der Waals surface area contributed by atoms with Crippen LogP contribution in [0.1, 0.15) is 19.8 Å². The zero-order valence-corrected chi connectivity index (χ0v) is 13.8. The van der Waals surface area contributed by atoms with Crippen molar-refractivity contribution in [1.82, 2.24) is 15.2 Å². The third kappa shape index (κ3) is 3.42. The molecule has 0 spiro atoms. The van der Waals surface area contributed by atoms with Gasteiger partial charge in [0.05, 0.1) is 21.9 Å². The van der Waals surface area contributed by atoms with Crippen molar-refractivity contribution in [1.29, 1.82) is 0 Å². The zero-order valence-electron chi connectivity index (χ0n) is 12.3. The standard InChI is InChI=1S/C15H17Cl2N5/c1-10-5-7-22(8-6-10)15-20-13(9-18-21-15)19-14-11(16)3-2-4-12(14)17/h2-4,9-10H,5-8H2,1H3,(H,19,20,21). The quantitative estimate of drug-likeness (QED) is 0.911. The first-order valence-electron chi connectivity index (χ1n) is 7.29. The summed E-state index contributed by atoms with van der Waals surface area (Å²) in [6, 6.07) is 5.35. The van der Waals surface area contributed by atoms with Gasteiger partial charge in [-0.1, -0.05) is 36.2 Å². The molecular weight excluding hydrogens is 321 g/mol. The molecule has 0 saturated carbocycles. The predicted molar refractivity (Wildman–Crippen MR) is 90.2 cm³/mol. The smallest absolute Gasteiger partial charge is 0.247 e. The fourth-order valence-corrected chi connectivity index (χ4v) is 2.93. The summed E-state index contributed by atoms with van der Waals surface area (Å²) in [6.45, 7) is 4.19. The van der Waals surface area contributed by atoms with Crippen LogP contribution in [0.2, 0.25) is 10.0 Å². The minimum Gasteiger partial charge on any atom is -0.339 e. The number of para-hydroxylation sites is 1. The molecule has 5 nitrogen and oxygen atoms in total. The first-order valence-corrected chi connectivity index (χ1v) is 8.05. The number of anilines is 3. The van der Waals surface area contributed by atoms with Crippen molar-refractivity contribution in [3.8, 4) is 0 Å². The van der Waals surface area contributed by atoms with Gasteiger partial charge < -0.3 is 10.2 Å². The third-order valence-electron chi connectivity index (χ3n) is 3.83. The van der Waals surface area contributed by atoms with E-state index in [-0.39, 0.29) is 0 Å². The van der Waals surface area contributed by atoms with Gasteiger partial charge in [-0.2, -0.15) is 10.1 Å². The lowest BCUT2D eigenvalue weighted by atomic mass is 10.00. The predicted octanol–water partition coefficient (Wildman–Crippen LogP) is 4.16. The molecule has 1 aliphatic rings. The number of halogens is 2. The van der Waals surface area contributed by atoms with Crippen LogP contribution in [0.15, 0.2) is 24.4 Å². The molecule has 22 heavy (non-hydrogen) atoms. The second-order valence-electron chi connectivity index (χ2n) is 5.53. The van der Waals surface area contributed by atoms with Crippen molar-refractivity contribution in [2.45, 2.75) is 19.8 Å². The van der Waals surface area contributed by atoms with Crippen LogP contribution in [0.5, 0.6) is 0 Å². The molecule has 7 heteroatoms. The molecule has 1 saturated heterocycles. The molecule has 0 unspecified atom stereocenters. The van der Waals surface area contributed by atoms with Gasteiger partial charge >= 0.3 is 0 Å². The van der Waals surface area contributed by atoms with Crippen LogP contribution in [0, 0.1) is 5.92 Å². The van der Waals surface area contributed by atoms with E-state index in [4.69, 9.17) is 23.2 Å². The molecular formula is C15H17Cl2N5. The molecule has 2 heterocycles. The summed E-state index contributed by atoms with van der Waals surface area (Å²) in [4.78, 5) is 6.68. The minimum absolute atomic E-state index is 0.541. The van der Waals surface area contributed by atoms with E-state index >= 15 is 0 Å². The highest BCUT2D eigenvalue weighted by molar-refractivity contribution is 6.39. The number of hydrogen-bond donors (Lipinski definition) is 1. The Bertz CT molecular complexity index is 636. The van der Waals surface area contributed by atoms with Crippen LogP contribution in [-0.4, -0.2) is 28.3 Å². The highest BCUT2D eigenvalue weighted by Crippen LogP contribution is 2.32. The summed E-state index contributed by atoms with van der Waals surface area (Å²) >= 11 is 12.3. The maximum absolute atomic E-state index is 6.16. The molecule has 0 amide bonds. The molecule has 1 aromatic carbocycles. The SMILES string of the molecule is CC1CCN(c2nncc(Nc3c(Cl)cccc3Cl)n2)CC1. The Morgan fingerprint density at radius 2 is 1.86 bits per heavy atom. The van der Waals surface area contributed by atoms with Crippen molar-refractivity contribution < 1.29 is 0 Å². The maximum Gasteiger partial charge on any atom is 0.247 e. The number of aromatic nitrogens is 3. The van der Waals surface area contributed by atoms with E-state index in [1.54, 1.807) is 24.4 Å². The summed E-state index contributed by atoms with van der Waals surface area (Å²) in [5.74, 6) is 1.98. The number of nitrogens with one attached hydrogen (secondary N) is 1. The molecule has 1 aliphatic heterocycles. The fourth-order valence-electron chi connectivity index (χ4n) is 2.44. The van der Waals surface area contributed by atoms with E-state index in [1.165, 1.54) is 0 Å². The highest BCUT2D eigenvalue weighted by atomic mass is 35.5. The number of benzene rings is 1. The molecule has 3 rings (SSSR count). The monoisotopic (exact) mass is 337 g/mol. The van der Waals surface area contributed by atoms with Gasteiger partial charge in [0, 0.05) is 13.1 Å². The molecule has 2 aromatic rings. The van der Waals surface area contributed by atoms with Crippen LogP contribution in [0.4, 0.5) is 17.5 Å². The molecule has 1 aromatic heterocycles. The molecule has 0 aliphatic carbocycles. The third-order valence-corrected chi connectivity index (χ3v) is 4.46. The first kappa shape index (κ1) is 15.3. The van der Waals surface area contributed by atoms with Crippen LogP contribution >= 0.6 is 23.2 Å². The second kappa shape index (κ2) is 6.67. The minimum atomic E-state index is 0.541. The van der Waals surface area contributed by atoms with E-state index in [1.807, 2.05) is 0 Å². The largest absolute Gasteiger partial charge is 0.339 e. The van der Waals surface area contributed by atoms with E-state index in [9.17, 15) is 0 Å². The number of hydrogen-bond acceptors (Lipinski definition) is 5. The number of rotatable bonds is 3. The van der Waals surface area contributed by atoms with Gasteiger partial charge in [0.15, 0.2) is 5.82 Å². The van der Waals surface area contributed by atoms with Gasteiger partial charge in [0.25, 0.3) is 0 Å². The lowest BCUT2D eigenvalue weighted by Crippen LogP contribution is -2.34. The Balaban J connectivity index is 1.79. The van der Waals surface area contributed by atoms with Crippen LogP contribution in [-0.2, 0) is 0 Å². The summed E-state index contributed by atoms with van der Waals surface area (Å²) in [7, 11) is 0. The topological polar surface area (TPSA) is 53.9 Å². The molecule has 1 fully saturated rings. The maximum atomic E-state index is 6.16. The fraction of sp³-hybridized carbons (Fsp3) is 0.400. The van der Waals surface area contributed by atoms with Gasteiger partial charge in [-0.25, -0.2) is 0 Å². The van der Waals surface area contributed by atoms with Crippen molar-refractivity contribution in [2.24, 2.45) is 5.92 Å². The summed E-state index contributed by atoms with van der Waals surface area (Å²) in [6.07, 6.45) is 3.87. The van der Waals surface area contributed by atoms with Crippen molar-refractivity contribution in [2.75, 3.05) is 23.3 Å². The first-order chi connectivity index (χ1) is 10.6. The van der Waals surface area contributed by atoms with Crippen LogP contribution in [0.25, 0.3) is 0 Å². The summed E-state index contributed by atoms with van der Waals surface area (Å²) < 4.78 is 0. The van der Waals surface area contributed by atoms with Gasteiger partial charge in [-0.3, -0.25) is 0 Å². The summed E-state index contributed by atoms with van der Waals surface area (Å²) in [5.41, 5.74) is 0.629. The Morgan fingerprint density at radius 1 is 1.18 bits per heavy atom. The average Bonchev–Trinajstić information content (AvgIpc) is 2.52. The van der Waals surface area contributed by atoms with Gasteiger partial charge in [-0.15, -0.1) is 5.10 Å². The van der Waals surface area contributed by atoms with Crippen LogP contribution < -0.4 is 10.2 Å². The van der Waals surface area contributed by atoms with Crippen LogP contribution in [0.3, 0.4) is 0 Å². The van der Waals surface area contributed by atoms with Gasteiger partial charge in [0.1, 0.15) is 0 Å². The van der Waals surface area contributed by atoms with Crippen molar-refractivity contribution in [3.05, 3.63) is 34.4 Å². The van der Waals surface area contributed by atoms with E-state index in [0.717, 1.165) is 31.8 Å². The van der Waals surface area contributed by atoms with Crippen molar-refractivity contribution in [3.63, 3.8) is 0 Å². The molecule has 0 bridgehead atoms. The lowest BCUT2D eigenvalue weighted by Gasteiger charge is -2.29. The highest BCUT2D eigenvalue weighted by Gasteiger charge is 2.18. The zero-order chi connectivity index (χ0) is 15.5. The van der Waals surface area contributed by atoms with Crippen molar-refractivity contribution >= 4 is 40.7 Å². The molecule has 1 N–H and O–H groups in total. The normalized spacial score (nSPS) is 15.9. The Labute approximate surface area is 139 Å². The second-order valence-corrected chi connectivity index (χ2v) is 6.35. The molecule has 0 radical (unpaired) electrons. The number of piperidine rings is 1.